The van der Waals surface area contributed by atoms with Crippen molar-refractivity contribution in [1.82, 2.24) is 9.55 Å². The lowest BCUT2D eigenvalue weighted by molar-refractivity contribution is 0.0466. The zero-order valence-electron chi connectivity index (χ0n) is 13.0. The number of aromatic amines is 1. The first kappa shape index (κ1) is 15.8. The van der Waals surface area contributed by atoms with Gasteiger partial charge in [0.15, 0.2) is 12.4 Å². The van der Waals surface area contributed by atoms with Crippen molar-refractivity contribution in [2.45, 2.75) is 20.8 Å². The highest BCUT2D eigenvalue weighted by molar-refractivity contribution is 6.02. The molecule has 2 aromatic heterocycles. The molecule has 2 aromatic rings. The molecule has 0 radical (unpaired) electrons. The molecule has 0 fully saturated rings. The van der Waals surface area contributed by atoms with Crippen molar-refractivity contribution in [3.8, 4) is 0 Å². The molecule has 0 aromatic carbocycles. The van der Waals surface area contributed by atoms with Crippen LogP contribution in [0, 0.1) is 13.8 Å². The van der Waals surface area contributed by atoms with E-state index in [1.54, 1.807) is 43.8 Å². The number of Topliss-reactive ketones (excluding diaryl/α,β-unsaturated/α-hetero) is 2. The predicted molar refractivity (Wildman–Crippen MR) is 80.3 cm³/mol. The smallest absolute Gasteiger partial charge is 0.355 e. The topological polar surface area (TPSA) is 81.2 Å². The number of nitrogens with one attached hydrogen (secondary N) is 1. The first-order valence-electron chi connectivity index (χ1n) is 6.84. The molecule has 6 nitrogen and oxygen atoms in total. The Morgan fingerprint density at radius 2 is 1.95 bits per heavy atom. The van der Waals surface area contributed by atoms with E-state index in [4.69, 9.17) is 4.74 Å². The van der Waals surface area contributed by atoms with E-state index in [0.29, 0.717) is 22.5 Å². The van der Waals surface area contributed by atoms with E-state index < -0.39 is 5.97 Å². The molecule has 0 atom stereocenters. The fourth-order valence-electron chi connectivity index (χ4n) is 2.51. The quantitative estimate of drug-likeness (QED) is 0.678. The van der Waals surface area contributed by atoms with E-state index in [-0.39, 0.29) is 23.9 Å². The van der Waals surface area contributed by atoms with Crippen molar-refractivity contribution in [2.24, 2.45) is 7.05 Å². The number of carbonyl (C=O) groups is 3. The van der Waals surface area contributed by atoms with Gasteiger partial charge in [-0.1, -0.05) is 0 Å². The largest absolute Gasteiger partial charge is 0.453 e. The molecular weight excluding hydrogens is 284 g/mol. The molecule has 0 spiro atoms. The molecule has 22 heavy (non-hydrogen) atoms. The molecule has 116 valence electrons. The number of aromatic nitrogens is 2. The van der Waals surface area contributed by atoms with Crippen LogP contribution in [-0.2, 0) is 11.8 Å². The lowest BCUT2D eigenvalue weighted by atomic mass is 10.1. The average Bonchev–Trinajstić information content (AvgIpc) is 2.99. The monoisotopic (exact) mass is 302 g/mol. The number of rotatable bonds is 5. The Morgan fingerprint density at radius 3 is 2.45 bits per heavy atom. The molecule has 6 heteroatoms. The number of hydrogen-bond acceptors (Lipinski definition) is 4. The van der Waals surface area contributed by atoms with Crippen molar-refractivity contribution < 1.29 is 19.1 Å². The first-order valence-corrected chi connectivity index (χ1v) is 6.84. The maximum atomic E-state index is 12.1. The van der Waals surface area contributed by atoms with Gasteiger partial charge in [-0.25, -0.2) is 4.79 Å². The second-order valence-corrected chi connectivity index (χ2v) is 5.18. The van der Waals surface area contributed by atoms with Crippen molar-refractivity contribution in [2.75, 3.05) is 6.61 Å². The maximum absolute atomic E-state index is 12.1. The van der Waals surface area contributed by atoms with Gasteiger partial charge >= 0.3 is 5.97 Å². The van der Waals surface area contributed by atoms with Crippen LogP contribution in [0.5, 0.6) is 0 Å². The summed E-state index contributed by atoms with van der Waals surface area (Å²) >= 11 is 0. The summed E-state index contributed by atoms with van der Waals surface area (Å²) in [5.74, 6) is -1.05. The van der Waals surface area contributed by atoms with E-state index in [0.717, 1.165) is 0 Å². The SMILES string of the molecule is CC(=O)c1c(C)[nH]c(C(=O)OCC(=O)c2cccn2C)c1C. The van der Waals surface area contributed by atoms with Gasteiger partial charge in [-0.15, -0.1) is 0 Å². The molecule has 2 rings (SSSR count). The minimum absolute atomic E-state index is 0.120. The van der Waals surface area contributed by atoms with Crippen LogP contribution in [0.25, 0.3) is 0 Å². The predicted octanol–water partition coefficient (Wildman–Crippen LogP) is 2.21. The van der Waals surface area contributed by atoms with Gasteiger partial charge in [0.25, 0.3) is 0 Å². The summed E-state index contributed by atoms with van der Waals surface area (Å²) in [7, 11) is 1.74. The van der Waals surface area contributed by atoms with Gasteiger partial charge < -0.3 is 14.3 Å². The molecule has 0 saturated carbocycles. The third-order valence-electron chi connectivity index (χ3n) is 3.56. The normalized spacial score (nSPS) is 10.5. The van der Waals surface area contributed by atoms with Crippen LogP contribution >= 0.6 is 0 Å². The average molecular weight is 302 g/mol. The third-order valence-corrected chi connectivity index (χ3v) is 3.56. The Labute approximate surface area is 128 Å². The summed E-state index contributed by atoms with van der Waals surface area (Å²) < 4.78 is 6.71. The highest BCUT2D eigenvalue weighted by atomic mass is 16.5. The number of nitrogens with zero attached hydrogens (tertiary/aromatic N) is 1. The van der Waals surface area contributed by atoms with E-state index >= 15 is 0 Å². The highest BCUT2D eigenvalue weighted by Gasteiger charge is 2.22. The van der Waals surface area contributed by atoms with Crippen LogP contribution in [0.2, 0.25) is 0 Å². The highest BCUT2D eigenvalue weighted by Crippen LogP contribution is 2.19. The van der Waals surface area contributed by atoms with E-state index in [1.165, 1.54) is 6.92 Å². The molecule has 0 amide bonds. The van der Waals surface area contributed by atoms with Crippen LogP contribution in [0.3, 0.4) is 0 Å². The van der Waals surface area contributed by atoms with Crippen LogP contribution in [-0.4, -0.2) is 33.7 Å². The number of H-pyrrole nitrogens is 1. The molecular formula is C16H18N2O4. The van der Waals surface area contributed by atoms with E-state index in [2.05, 4.69) is 4.98 Å². The Balaban J connectivity index is 2.11. The molecule has 2 heterocycles. The lowest BCUT2D eigenvalue weighted by Gasteiger charge is -2.05. The third kappa shape index (κ3) is 2.86. The molecule has 0 aliphatic heterocycles. The Morgan fingerprint density at radius 1 is 1.27 bits per heavy atom. The number of esters is 1. The minimum atomic E-state index is -0.643. The fraction of sp³-hybridized carbons (Fsp3) is 0.312. The van der Waals surface area contributed by atoms with E-state index in [9.17, 15) is 14.4 Å². The number of hydrogen-bond donors (Lipinski definition) is 1. The molecule has 1 N–H and O–H groups in total. The van der Waals surface area contributed by atoms with Crippen LogP contribution in [0.1, 0.15) is 49.5 Å². The van der Waals surface area contributed by atoms with Crippen molar-refractivity contribution in [3.63, 3.8) is 0 Å². The second-order valence-electron chi connectivity index (χ2n) is 5.18. The van der Waals surface area contributed by atoms with Crippen molar-refractivity contribution in [3.05, 3.63) is 46.5 Å². The number of ether oxygens (including phenoxy) is 1. The summed E-state index contributed by atoms with van der Waals surface area (Å²) in [6.45, 7) is 4.49. The Bertz CT molecular complexity index is 752. The molecule has 0 unspecified atom stereocenters. The fourth-order valence-corrected chi connectivity index (χ4v) is 2.51. The number of aryl methyl sites for hydroxylation is 2. The van der Waals surface area contributed by atoms with Crippen LogP contribution in [0.15, 0.2) is 18.3 Å². The van der Waals surface area contributed by atoms with Gasteiger partial charge in [-0.2, -0.15) is 0 Å². The zero-order chi connectivity index (χ0) is 16.4. The van der Waals surface area contributed by atoms with Crippen molar-refractivity contribution in [1.29, 1.82) is 0 Å². The van der Waals surface area contributed by atoms with Gasteiger partial charge in [-0.3, -0.25) is 9.59 Å². The van der Waals surface area contributed by atoms with Crippen molar-refractivity contribution >= 4 is 17.5 Å². The van der Waals surface area contributed by atoms with Gasteiger partial charge in [0.05, 0.1) is 5.69 Å². The van der Waals surface area contributed by atoms with Gasteiger partial charge in [0.1, 0.15) is 5.69 Å². The minimum Gasteiger partial charge on any atom is -0.453 e. The first-order chi connectivity index (χ1) is 10.3. The number of ketones is 2. The Kier molecular flexibility index (Phi) is 4.30. The standard InChI is InChI=1S/C16H18N2O4/c1-9-14(11(3)19)10(2)17-15(9)16(21)22-8-13(20)12-6-5-7-18(12)4/h5-7,17H,8H2,1-4H3. The Hall–Kier alpha value is -2.63. The lowest BCUT2D eigenvalue weighted by Crippen LogP contribution is -2.17. The summed E-state index contributed by atoms with van der Waals surface area (Å²) in [4.78, 5) is 38.5. The van der Waals surface area contributed by atoms with Gasteiger partial charge in [0, 0.05) is 24.5 Å². The number of carbonyl (C=O) groups excluding carboxylic acids is 3. The van der Waals surface area contributed by atoms with Gasteiger partial charge in [-0.05, 0) is 38.5 Å². The maximum Gasteiger partial charge on any atom is 0.355 e. The zero-order valence-corrected chi connectivity index (χ0v) is 13.0. The second kappa shape index (κ2) is 6.01. The summed E-state index contributed by atoms with van der Waals surface area (Å²) in [5.41, 5.74) is 2.33. The van der Waals surface area contributed by atoms with E-state index in [1.807, 2.05) is 0 Å². The summed E-state index contributed by atoms with van der Waals surface area (Å²) in [6, 6.07) is 3.40. The molecule has 0 aliphatic rings. The summed E-state index contributed by atoms with van der Waals surface area (Å²) in [6.07, 6.45) is 1.74. The molecule has 0 saturated heterocycles. The van der Waals surface area contributed by atoms with Crippen LogP contribution in [0.4, 0.5) is 0 Å². The van der Waals surface area contributed by atoms with Crippen LogP contribution < -0.4 is 0 Å². The van der Waals surface area contributed by atoms with Gasteiger partial charge in [0.2, 0.25) is 5.78 Å². The molecule has 0 aliphatic carbocycles. The molecule has 0 bridgehead atoms. The summed E-state index contributed by atoms with van der Waals surface area (Å²) in [5, 5.41) is 0.